The summed E-state index contributed by atoms with van der Waals surface area (Å²) in [5, 5.41) is -0.571. The predicted octanol–water partition coefficient (Wildman–Crippen LogP) is 5.19. The van der Waals surface area contributed by atoms with E-state index in [0.717, 1.165) is 18.9 Å². The average Bonchev–Trinajstić information content (AvgIpc) is 2.38. The molecule has 0 aliphatic carbocycles. The highest BCUT2D eigenvalue weighted by Crippen LogP contribution is 2.31. The number of nitrogens with zero attached hydrogens (tertiary/aromatic N) is 1. The second-order valence-electron chi connectivity index (χ2n) is 5.69. The Labute approximate surface area is 130 Å². The molecule has 1 aromatic rings. The van der Waals surface area contributed by atoms with Crippen molar-refractivity contribution in [1.29, 1.82) is 0 Å². The summed E-state index contributed by atoms with van der Waals surface area (Å²) in [6.45, 7) is 7.71. The monoisotopic (exact) mass is 317 g/mol. The minimum absolute atomic E-state index is 0.0491. The van der Waals surface area contributed by atoms with Crippen LogP contribution in [-0.4, -0.2) is 11.9 Å². The zero-order valence-corrected chi connectivity index (χ0v) is 13.7. The minimum atomic E-state index is -0.878. The Kier molecular flexibility index (Phi) is 6.59. The lowest BCUT2D eigenvalue weighted by Gasteiger charge is -2.30. The number of carbonyl (C=O) groups is 1. The van der Waals surface area contributed by atoms with Gasteiger partial charge in [-0.3, -0.25) is 4.79 Å². The van der Waals surface area contributed by atoms with Crippen LogP contribution in [0.2, 0.25) is 5.02 Å². The van der Waals surface area contributed by atoms with Crippen molar-refractivity contribution in [1.82, 2.24) is 0 Å². The van der Waals surface area contributed by atoms with E-state index in [1.807, 2.05) is 27.7 Å². The first-order valence-electron chi connectivity index (χ1n) is 7.25. The maximum Gasteiger partial charge on any atom is 0.227 e. The molecule has 0 fully saturated rings. The van der Waals surface area contributed by atoms with Gasteiger partial charge in [-0.05, 0) is 31.4 Å². The Morgan fingerprint density at radius 1 is 1.29 bits per heavy atom. The lowest BCUT2D eigenvalue weighted by Crippen LogP contribution is -2.40. The maximum atomic E-state index is 14.2. The Morgan fingerprint density at radius 2 is 1.90 bits per heavy atom. The number of carbonyl (C=O) groups excluding carboxylic acids is 1. The molecule has 118 valence electrons. The molecule has 0 aromatic heterocycles. The van der Waals surface area contributed by atoms with E-state index in [0.29, 0.717) is 6.42 Å². The molecule has 0 saturated carbocycles. The summed E-state index contributed by atoms with van der Waals surface area (Å²) in [7, 11) is 0. The Balaban J connectivity index is 3.24. The molecular formula is C16H22ClF2NO. The van der Waals surface area contributed by atoms with Crippen molar-refractivity contribution < 1.29 is 13.6 Å². The number of rotatable bonds is 6. The summed E-state index contributed by atoms with van der Waals surface area (Å²) in [5.41, 5.74) is 0.0491. The molecule has 0 N–H and O–H groups in total. The Hall–Kier alpha value is -1.16. The summed E-state index contributed by atoms with van der Waals surface area (Å²) in [6, 6.07) is 2.20. The summed E-state index contributed by atoms with van der Waals surface area (Å²) >= 11 is 5.63. The smallest absolute Gasteiger partial charge is 0.227 e. The van der Waals surface area contributed by atoms with Crippen molar-refractivity contribution in [3.8, 4) is 0 Å². The zero-order chi connectivity index (χ0) is 16.2. The molecule has 1 aromatic carbocycles. The zero-order valence-electron chi connectivity index (χ0n) is 12.9. The molecule has 21 heavy (non-hydrogen) atoms. The fourth-order valence-corrected chi connectivity index (χ4v) is 2.47. The van der Waals surface area contributed by atoms with Crippen LogP contribution in [0.25, 0.3) is 0 Å². The van der Waals surface area contributed by atoms with Gasteiger partial charge in [-0.2, -0.15) is 0 Å². The highest BCUT2D eigenvalue weighted by atomic mass is 35.5. The van der Waals surface area contributed by atoms with Gasteiger partial charge in [0.05, 0.1) is 5.69 Å². The lowest BCUT2D eigenvalue weighted by atomic mass is 10.1. The molecular weight excluding hydrogens is 296 g/mol. The van der Waals surface area contributed by atoms with Crippen LogP contribution in [0.15, 0.2) is 12.1 Å². The van der Waals surface area contributed by atoms with Crippen molar-refractivity contribution in [3.63, 3.8) is 0 Å². The minimum Gasteiger partial charge on any atom is -0.307 e. The van der Waals surface area contributed by atoms with Gasteiger partial charge in [0.15, 0.2) is 5.82 Å². The van der Waals surface area contributed by atoms with E-state index >= 15 is 0 Å². The van der Waals surface area contributed by atoms with Gasteiger partial charge in [-0.15, -0.1) is 0 Å². The highest BCUT2D eigenvalue weighted by molar-refractivity contribution is 6.31. The third-order valence-electron chi connectivity index (χ3n) is 3.27. The molecule has 0 spiro atoms. The van der Waals surface area contributed by atoms with Gasteiger partial charge < -0.3 is 4.90 Å². The molecule has 1 rings (SSSR count). The van der Waals surface area contributed by atoms with Gasteiger partial charge in [-0.1, -0.05) is 38.8 Å². The molecule has 0 aliphatic heterocycles. The first-order chi connectivity index (χ1) is 9.79. The SMILES string of the molecule is CCCC(C)N(C(=O)CC(C)C)c1ccc(F)c(Cl)c1F. The Morgan fingerprint density at radius 3 is 2.43 bits per heavy atom. The fourth-order valence-electron chi connectivity index (χ4n) is 2.31. The van der Waals surface area contributed by atoms with Gasteiger partial charge in [0.1, 0.15) is 10.8 Å². The lowest BCUT2D eigenvalue weighted by molar-refractivity contribution is -0.119. The number of benzene rings is 1. The number of hydrogen-bond acceptors (Lipinski definition) is 1. The van der Waals surface area contributed by atoms with Gasteiger partial charge in [0, 0.05) is 12.5 Å². The Bertz CT molecular complexity index is 505. The molecule has 0 aliphatic rings. The van der Waals surface area contributed by atoms with E-state index in [2.05, 4.69) is 0 Å². The van der Waals surface area contributed by atoms with E-state index in [9.17, 15) is 13.6 Å². The van der Waals surface area contributed by atoms with Crippen molar-refractivity contribution >= 4 is 23.2 Å². The summed E-state index contributed by atoms with van der Waals surface area (Å²) < 4.78 is 27.6. The van der Waals surface area contributed by atoms with Gasteiger partial charge in [0.2, 0.25) is 5.91 Å². The van der Waals surface area contributed by atoms with Crippen molar-refractivity contribution in [2.45, 2.75) is 53.0 Å². The average molecular weight is 318 g/mol. The van der Waals surface area contributed by atoms with Crippen LogP contribution < -0.4 is 4.90 Å². The molecule has 1 unspecified atom stereocenters. The van der Waals surface area contributed by atoms with Crippen LogP contribution in [0.1, 0.15) is 47.0 Å². The standard InChI is InChI=1S/C16H22ClF2NO/c1-5-6-11(4)20(14(21)9-10(2)3)13-8-7-12(18)15(17)16(13)19/h7-8,10-11H,5-6,9H2,1-4H3. The number of halogens is 3. The van der Waals surface area contributed by atoms with E-state index < -0.39 is 16.7 Å². The van der Waals surface area contributed by atoms with Crippen molar-refractivity contribution in [2.24, 2.45) is 5.92 Å². The normalized spacial score (nSPS) is 12.6. The first-order valence-corrected chi connectivity index (χ1v) is 7.62. The molecule has 1 atom stereocenters. The van der Waals surface area contributed by atoms with E-state index in [1.54, 1.807) is 0 Å². The topological polar surface area (TPSA) is 20.3 Å². The van der Waals surface area contributed by atoms with Crippen LogP contribution >= 0.6 is 11.6 Å². The van der Waals surface area contributed by atoms with Gasteiger partial charge in [0.25, 0.3) is 0 Å². The molecule has 0 heterocycles. The number of amides is 1. The largest absolute Gasteiger partial charge is 0.307 e. The van der Waals surface area contributed by atoms with Crippen LogP contribution in [0.4, 0.5) is 14.5 Å². The molecule has 2 nitrogen and oxygen atoms in total. The summed E-state index contributed by atoms with van der Waals surface area (Å²) in [6.07, 6.45) is 1.91. The third kappa shape index (κ3) is 4.40. The van der Waals surface area contributed by atoms with E-state index in [-0.39, 0.29) is 23.6 Å². The molecule has 1 amide bonds. The van der Waals surface area contributed by atoms with E-state index in [4.69, 9.17) is 11.6 Å². The number of hydrogen-bond donors (Lipinski definition) is 0. The molecule has 0 bridgehead atoms. The molecule has 0 radical (unpaired) electrons. The maximum absolute atomic E-state index is 14.2. The first kappa shape index (κ1) is 17.9. The quantitative estimate of drug-likeness (QED) is 0.661. The second kappa shape index (κ2) is 7.74. The van der Waals surface area contributed by atoms with Crippen LogP contribution in [-0.2, 0) is 4.79 Å². The second-order valence-corrected chi connectivity index (χ2v) is 6.07. The van der Waals surface area contributed by atoms with Crippen LogP contribution in [0.5, 0.6) is 0 Å². The molecule has 5 heteroatoms. The van der Waals surface area contributed by atoms with Crippen LogP contribution in [0.3, 0.4) is 0 Å². The van der Waals surface area contributed by atoms with Crippen molar-refractivity contribution in [3.05, 3.63) is 28.8 Å². The highest BCUT2D eigenvalue weighted by Gasteiger charge is 2.26. The van der Waals surface area contributed by atoms with Crippen LogP contribution in [0, 0.1) is 17.6 Å². The van der Waals surface area contributed by atoms with Crippen molar-refractivity contribution in [2.75, 3.05) is 4.90 Å². The fraction of sp³-hybridized carbons (Fsp3) is 0.562. The van der Waals surface area contributed by atoms with E-state index in [1.165, 1.54) is 11.0 Å². The summed E-state index contributed by atoms with van der Waals surface area (Å²) in [5.74, 6) is -1.71. The third-order valence-corrected chi connectivity index (χ3v) is 3.62. The van der Waals surface area contributed by atoms with Gasteiger partial charge in [-0.25, -0.2) is 8.78 Å². The van der Waals surface area contributed by atoms with Gasteiger partial charge >= 0.3 is 0 Å². The molecule has 0 saturated heterocycles. The number of anilines is 1. The summed E-state index contributed by atoms with van der Waals surface area (Å²) in [4.78, 5) is 13.8. The predicted molar refractivity (Wildman–Crippen MR) is 82.7 cm³/mol.